The predicted molar refractivity (Wildman–Crippen MR) is 120 cm³/mol. The van der Waals surface area contributed by atoms with Gasteiger partial charge in [-0.3, -0.25) is 0 Å². The normalized spacial score (nSPS) is 14.2. The van der Waals surface area contributed by atoms with Crippen LogP contribution in [0.15, 0.2) is 67.1 Å². The Labute approximate surface area is 175 Å². The molecule has 6 heteroatoms. The van der Waals surface area contributed by atoms with E-state index in [9.17, 15) is 0 Å². The van der Waals surface area contributed by atoms with E-state index in [0.717, 1.165) is 50.7 Å². The Morgan fingerprint density at radius 3 is 2.73 bits per heavy atom. The summed E-state index contributed by atoms with van der Waals surface area (Å²) in [5.41, 5.74) is 5.89. The van der Waals surface area contributed by atoms with Crippen LogP contribution < -0.4 is 10.2 Å². The van der Waals surface area contributed by atoms with Crippen LogP contribution in [-0.4, -0.2) is 41.3 Å². The van der Waals surface area contributed by atoms with Crippen LogP contribution in [-0.2, 0) is 17.7 Å². The molecule has 0 bridgehead atoms. The predicted octanol–water partition coefficient (Wildman–Crippen LogP) is 4.00. The number of anilines is 2. The molecule has 0 atom stereocenters. The number of H-pyrrole nitrogens is 1. The third-order valence-electron chi connectivity index (χ3n) is 5.56. The number of para-hydroxylation sites is 1. The van der Waals surface area contributed by atoms with E-state index < -0.39 is 0 Å². The van der Waals surface area contributed by atoms with Crippen LogP contribution in [0.3, 0.4) is 0 Å². The molecule has 1 aliphatic heterocycles. The summed E-state index contributed by atoms with van der Waals surface area (Å²) in [6.45, 7) is 4.20. The summed E-state index contributed by atoms with van der Waals surface area (Å²) in [5.74, 6) is 0.885. The zero-order chi connectivity index (χ0) is 20.2. The summed E-state index contributed by atoms with van der Waals surface area (Å²) in [6, 6.07) is 16.8. The van der Waals surface area contributed by atoms with Gasteiger partial charge in [0.25, 0.3) is 0 Å². The molecule has 0 unspecified atom stereocenters. The smallest absolute Gasteiger partial charge is 0.137 e. The quantitative estimate of drug-likeness (QED) is 0.513. The first-order valence-electron chi connectivity index (χ1n) is 10.4. The van der Waals surface area contributed by atoms with Crippen molar-refractivity contribution in [1.29, 1.82) is 0 Å². The second-order valence-corrected chi connectivity index (χ2v) is 7.52. The average Bonchev–Trinajstić information content (AvgIpc) is 3.22. The Bertz CT molecular complexity index is 1120. The van der Waals surface area contributed by atoms with E-state index in [0.29, 0.717) is 0 Å². The van der Waals surface area contributed by atoms with Crippen molar-refractivity contribution in [1.82, 2.24) is 15.0 Å². The van der Waals surface area contributed by atoms with Gasteiger partial charge in [0.2, 0.25) is 0 Å². The Kier molecular flexibility index (Phi) is 5.31. The minimum Gasteiger partial charge on any atom is -0.378 e. The first-order chi connectivity index (χ1) is 14.9. The first-order valence-corrected chi connectivity index (χ1v) is 10.4. The zero-order valence-electron chi connectivity index (χ0n) is 16.8. The van der Waals surface area contributed by atoms with E-state index in [4.69, 9.17) is 4.74 Å². The second-order valence-electron chi connectivity index (χ2n) is 7.52. The molecule has 1 saturated heterocycles. The van der Waals surface area contributed by atoms with Gasteiger partial charge >= 0.3 is 0 Å². The summed E-state index contributed by atoms with van der Waals surface area (Å²) in [6.07, 6.45) is 6.62. The fraction of sp³-hybridized carbons (Fsp3) is 0.250. The van der Waals surface area contributed by atoms with Crippen LogP contribution >= 0.6 is 0 Å². The number of aromatic nitrogens is 3. The maximum atomic E-state index is 5.49. The topological polar surface area (TPSA) is 66.1 Å². The molecule has 1 aliphatic rings. The van der Waals surface area contributed by atoms with Crippen molar-refractivity contribution in [3.8, 4) is 0 Å². The van der Waals surface area contributed by atoms with Gasteiger partial charge in [-0.2, -0.15) is 0 Å². The fourth-order valence-corrected chi connectivity index (χ4v) is 3.97. The highest BCUT2D eigenvalue weighted by atomic mass is 16.5. The Hall–Kier alpha value is -3.38. The minimum atomic E-state index is 0.744. The van der Waals surface area contributed by atoms with Crippen LogP contribution in [0.2, 0.25) is 0 Å². The highest BCUT2D eigenvalue weighted by Crippen LogP contribution is 2.23. The number of benzene rings is 1. The monoisotopic (exact) mass is 399 g/mol. The number of nitrogens with zero attached hydrogens (tertiary/aromatic N) is 3. The van der Waals surface area contributed by atoms with E-state index in [1.165, 1.54) is 27.8 Å². The Morgan fingerprint density at radius 2 is 1.87 bits per heavy atom. The molecule has 0 aliphatic carbocycles. The number of hydrogen-bond acceptors (Lipinski definition) is 5. The summed E-state index contributed by atoms with van der Waals surface area (Å²) < 4.78 is 5.49. The third kappa shape index (κ3) is 4.00. The maximum absolute atomic E-state index is 5.49. The van der Waals surface area contributed by atoms with Crippen LogP contribution in [0.25, 0.3) is 11.0 Å². The highest BCUT2D eigenvalue weighted by molar-refractivity contribution is 5.79. The minimum absolute atomic E-state index is 0.744. The maximum Gasteiger partial charge on any atom is 0.137 e. The van der Waals surface area contributed by atoms with Crippen LogP contribution in [0.4, 0.5) is 11.5 Å². The molecule has 152 valence electrons. The lowest BCUT2D eigenvalue weighted by atomic mass is 10.1. The highest BCUT2D eigenvalue weighted by Gasteiger charge is 2.14. The number of morpholine rings is 1. The van der Waals surface area contributed by atoms with Gasteiger partial charge in [-0.25, -0.2) is 9.97 Å². The van der Waals surface area contributed by atoms with Crippen molar-refractivity contribution < 1.29 is 4.74 Å². The van der Waals surface area contributed by atoms with Crippen LogP contribution in [0, 0.1) is 0 Å². The molecule has 3 aromatic heterocycles. The van der Waals surface area contributed by atoms with E-state index in [2.05, 4.69) is 67.6 Å². The molecule has 6 nitrogen and oxygen atoms in total. The van der Waals surface area contributed by atoms with Gasteiger partial charge in [0.05, 0.1) is 13.2 Å². The van der Waals surface area contributed by atoms with Gasteiger partial charge in [-0.1, -0.05) is 24.3 Å². The Balaban J connectivity index is 1.25. The Morgan fingerprint density at radius 1 is 0.967 bits per heavy atom. The summed E-state index contributed by atoms with van der Waals surface area (Å²) in [7, 11) is 0. The lowest BCUT2D eigenvalue weighted by molar-refractivity contribution is 0.122. The van der Waals surface area contributed by atoms with Crippen molar-refractivity contribution in [2.75, 3.05) is 36.5 Å². The summed E-state index contributed by atoms with van der Waals surface area (Å²) in [4.78, 5) is 14.6. The van der Waals surface area contributed by atoms with Gasteiger partial charge < -0.3 is 19.9 Å². The molecule has 0 saturated carbocycles. The van der Waals surface area contributed by atoms with Crippen molar-refractivity contribution in [2.24, 2.45) is 0 Å². The fourth-order valence-electron chi connectivity index (χ4n) is 3.97. The largest absolute Gasteiger partial charge is 0.378 e. The van der Waals surface area contributed by atoms with Gasteiger partial charge in [0, 0.05) is 55.7 Å². The molecule has 0 radical (unpaired) electrons. The van der Waals surface area contributed by atoms with Crippen molar-refractivity contribution >= 4 is 22.5 Å². The molecule has 2 N–H and O–H groups in total. The molecule has 0 amide bonds. The number of rotatable bonds is 6. The first kappa shape index (κ1) is 18.6. The molecule has 4 aromatic rings. The molecule has 4 heterocycles. The second kappa shape index (κ2) is 8.55. The molecular formula is C24H25N5O. The molecule has 5 rings (SSSR count). The standard InChI is InChI=1S/C24H25N5O/c1-2-6-22(29-10-12-30-13-11-29)19(4-1)16-27-23-8-7-18(15-26-23)14-20-17-28-24-21(20)5-3-9-25-24/h1-9,15,17H,10-14,16H2,(H,25,28)(H,26,27). The van der Waals surface area contributed by atoms with E-state index >= 15 is 0 Å². The molecule has 0 spiro atoms. The lowest BCUT2D eigenvalue weighted by Crippen LogP contribution is -2.36. The number of hydrogen-bond donors (Lipinski definition) is 2. The summed E-state index contributed by atoms with van der Waals surface area (Å²) >= 11 is 0. The molecular weight excluding hydrogens is 374 g/mol. The number of ether oxygens (including phenoxy) is 1. The van der Waals surface area contributed by atoms with Crippen molar-refractivity contribution in [3.05, 3.63) is 83.8 Å². The van der Waals surface area contributed by atoms with Gasteiger partial charge in [-0.15, -0.1) is 0 Å². The SMILES string of the molecule is c1ccc(N2CCOCC2)c(CNc2ccc(Cc3c[nH]c4ncccc34)cn2)c1. The number of pyridine rings is 2. The molecule has 30 heavy (non-hydrogen) atoms. The van der Waals surface area contributed by atoms with Gasteiger partial charge in [0.15, 0.2) is 0 Å². The average molecular weight is 399 g/mol. The van der Waals surface area contributed by atoms with E-state index in [1.54, 1.807) is 0 Å². The van der Waals surface area contributed by atoms with Crippen LogP contribution in [0.5, 0.6) is 0 Å². The lowest BCUT2D eigenvalue weighted by Gasteiger charge is -2.30. The zero-order valence-corrected chi connectivity index (χ0v) is 16.8. The third-order valence-corrected chi connectivity index (χ3v) is 5.56. The molecule has 1 aromatic carbocycles. The van der Waals surface area contributed by atoms with E-state index in [-0.39, 0.29) is 0 Å². The van der Waals surface area contributed by atoms with E-state index in [1.807, 2.05) is 24.7 Å². The van der Waals surface area contributed by atoms with Gasteiger partial charge in [0.1, 0.15) is 11.5 Å². The van der Waals surface area contributed by atoms with Crippen LogP contribution in [0.1, 0.15) is 16.7 Å². The van der Waals surface area contributed by atoms with Gasteiger partial charge in [-0.05, 0) is 41.0 Å². The van der Waals surface area contributed by atoms with Crippen molar-refractivity contribution in [2.45, 2.75) is 13.0 Å². The number of nitrogens with one attached hydrogen (secondary N) is 2. The summed E-state index contributed by atoms with van der Waals surface area (Å²) in [5, 5.41) is 4.64. The van der Waals surface area contributed by atoms with Crippen molar-refractivity contribution in [3.63, 3.8) is 0 Å². The molecule has 1 fully saturated rings. The number of aromatic amines is 1. The number of fused-ring (bicyclic) bond motifs is 1.